The molecule has 2 aromatic carbocycles. The van der Waals surface area contributed by atoms with E-state index in [0.717, 1.165) is 61.3 Å². The van der Waals surface area contributed by atoms with Gasteiger partial charge in [0.15, 0.2) is 5.65 Å². The van der Waals surface area contributed by atoms with Crippen molar-refractivity contribution in [3.8, 4) is 16.8 Å². The number of amides is 1. The van der Waals surface area contributed by atoms with Gasteiger partial charge >= 0.3 is 5.69 Å². The fourth-order valence-corrected chi connectivity index (χ4v) is 6.88. The number of aliphatic imine (C=N–C) groups is 1. The van der Waals surface area contributed by atoms with Gasteiger partial charge < -0.3 is 10.2 Å². The highest BCUT2D eigenvalue weighted by Crippen LogP contribution is 2.29. The molecule has 2 aliphatic heterocycles. The summed E-state index contributed by atoms with van der Waals surface area (Å²) in [6.45, 7) is 1.57. The molecule has 1 saturated carbocycles. The fraction of sp³-hybridized carbons (Fsp3) is 0.353. The van der Waals surface area contributed by atoms with Crippen LogP contribution in [0, 0.1) is 5.82 Å². The van der Waals surface area contributed by atoms with Crippen LogP contribution in [0.5, 0.6) is 0 Å². The predicted octanol–water partition coefficient (Wildman–Crippen LogP) is 4.03. The molecule has 2 fully saturated rings. The number of carbonyl (C=O) groups excluding carboxylic acids is 2. The molecule has 1 unspecified atom stereocenters. The van der Waals surface area contributed by atoms with Crippen LogP contribution in [0.3, 0.4) is 0 Å². The minimum Gasteiger partial charge on any atom is -0.358 e. The lowest BCUT2D eigenvalue weighted by Crippen LogP contribution is -2.47. The molecule has 1 N–H and O–H groups in total. The highest BCUT2D eigenvalue weighted by atomic mass is 19.1. The molecule has 1 aliphatic carbocycles. The molecule has 4 heterocycles. The number of rotatable bonds is 6. The quantitative estimate of drug-likeness (QED) is 0.330. The summed E-state index contributed by atoms with van der Waals surface area (Å²) < 4.78 is 17.0. The first-order chi connectivity index (χ1) is 21.9. The fourth-order valence-electron chi connectivity index (χ4n) is 6.88. The number of pyridine rings is 1. The molecular formula is C34H33FN6O4. The Morgan fingerprint density at radius 2 is 1.78 bits per heavy atom. The number of carbonyl (C=O) groups is 2. The van der Waals surface area contributed by atoms with Gasteiger partial charge in [0.2, 0.25) is 5.91 Å². The van der Waals surface area contributed by atoms with Crippen LogP contribution in [0.15, 0.2) is 75.4 Å². The Balaban J connectivity index is 1.17. The highest BCUT2D eigenvalue weighted by Gasteiger charge is 2.34. The average molecular weight is 609 g/mol. The first-order valence-corrected chi connectivity index (χ1v) is 15.5. The Morgan fingerprint density at radius 3 is 2.53 bits per heavy atom. The third-order valence-electron chi connectivity index (χ3n) is 9.23. The van der Waals surface area contributed by atoms with Crippen molar-refractivity contribution in [2.45, 2.75) is 63.1 Å². The van der Waals surface area contributed by atoms with E-state index in [1.165, 1.54) is 9.13 Å². The largest absolute Gasteiger partial charge is 0.358 e. The zero-order valence-electron chi connectivity index (χ0n) is 24.7. The lowest BCUT2D eigenvalue weighted by Gasteiger charge is -2.31. The Kier molecular flexibility index (Phi) is 7.60. The maximum Gasteiger partial charge on any atom is 0.337 e. The van der Waals surface area contributed by atoms with Crippen LogP contribution in [0.2, 0.25) is 0 Å². The number of benzene rings is 2. The topological polar surface area (TPSA) is 119 Å². The number of nitrogens with zero attached hydrogens (tertiary/aromatic N) is 5. The Morgan fingerprint density at radius 1 is 0.978 bits per heavy atom. The number of amidine groups is 1. The summed E-state index contributed by atoms with van der Waals surface area (Å²) in [6, 6.07) is 14.5. The van der Waals surface area contributed by atoms with Gasteiger partial charge in [-0.3, -0.25) is 23.9 Å². The van der Waals surface area contributed by atoms with E-state index in [1.807, 2.05) is 24.3 Å². The molecule has 7 rings (SSSR count). The second-order valence-electron chi connectivity index (χ2n) is 12.1. The second-order valence-corrected chi connectivity index (χ2v) is 12.1. The highest BCUT2D eigenvalue weighted by molar-refractivity contribution is 5.92. The van der Waals surface area contributed by atoms with Gasteiger partial charge in [-0.25, -0.2) is 18.7 Å². The number of aromatic nitrogens is 3. The van der Waals surface area contributed by atoms with Gasteiger partial charge in [-0.1, -0.05) is 36.4 Å². The van der Waals surface area contributed by atoms with Crippen molar-refractivity contribution in [2.24, 2.45) is 4.99 Å². The molecule has 2 aromatic heterocycles. The van der Waals surface area contributed by atoms with Crippen LogP contribution in [0.1, 0.15) is 61.3 Å². The van der Waals surface area contributed by atoms with Crippen molar-refractivity contribution in [3.63, 3.8) is 0 Å². The molecule has 0 radical (unpaired) electrons. The van der Waals surface area contributed by atoms with E-state index in [4.69, 9.17) is 0 Å². The maximum atomic E-state index is 14.4. The normalized spacial score (nSPS) is 21.3. The molecule has 230 valence electrons. The van der Waals surface area contributed by atoms with E-state index in [0.29, 0.717) is 43.5 Å². The molecule has 10 nitrogen and oxygen atoms in total. The molecule has 11 heteroatoms. The molecule has 0 spiro atoms. The lowest BCUT2D eigenvalue weighted by atomic mass is 9.90. The summed E-state index contributed by atoms with van der Waals surface area (Å²) in [4.78, 5) is 63.1. The number of halogens is 1. The number of hydrogen-bond acceptors (Lipinski definition) is 7. The van der Waals surface area contributed by atoms with Crippen molar-refractivity contribution in [1.82, 2.24) is 24.3 Å². The molecule has 45 heavy (non-hydrogen) atoms. The zero-order valence-corrected chi connectivity index (χ0v) is 24.7. The molecule has 0 bridgehead atoms. The van der Waals surface area contributed by atoms with Crippen molar-refractivity contribution >= 4 is 29.1 Å². The van der Waals surface area contributed by atoms with Gasteiger partial charge in [0.1, 0.15) is 24.0 Å². The summed E-state index contributed by atoms with van der Waals surface area (Å²) in [5, 5.41) is 3.17. The Bertz CT molecular complexity index is 1940. The lowest BCUT2D eigenvalue weighted by molar-refractivity contribution is -0.123. The second kappa shape index (κ2) is 11.9. The number of fused-ring (bicyclic) bond motifs is 2. The van der Waals surface area contributed by atoms with Gasteiger partial charge in [-0.05, 0) is 67.9 Å². The van der Waals surface area contributed by atoms with Crippen molar-refractivity contribution in [3.05, 3.63) is 93.0 Å². The summed E-state index contributed by atoms with van der Waals surface area (Å²) in [5.41, 5.74) is 1.61. The molecule has 1 saturated heterocycles. The van der Waals surface area contributed by atoms with E-state index in [1.54, 1.807) is 24.3 Å². The maximum absolute atomic E-state index is 14.4. The molecule has 3 aliphatic rings. The first kappa shape index (κ1) is 28.8. The van der Waals surface area contributed by atoms with Gasteiger partial charge in [-0.15, -0.1) is 0 Å². The summed E-state index contributed by atoms with van der Waals surface area (Å²) in [6.07, 6.45) is 7.12. The van der Waals surface area contributed by atoms with Gasteiger partial charge in [0.05, 0.1) is 23.8 Å². The Hall–Kier alpha value is -4.93. The monoisotopic (exact) mass is 608 g/mol. The third kappa shape index (κ3) is 5.47. The first-order valence-electron chi connectivity index (χ1n) is 15.5. The predicted molar refractivity (Wildman–Crippen MR) is 168 cm³/mol. The third-order valence-corrected chi connectivity index (χ3v) is 9.23. The van der Waals surface area contributed by atoms with E-state index in [2.05, 4.69) is 20.2 Å². The van der Waals surface area contributed by atoms with Crippen LogP contribution in [-0.4, -0.2) is 62.2 Å². The molecule has 4 aromatic rings. The van der Waals surface area contributed by atoms with Crippen molar-refractivity contribution in [2.75, 3.05) is 13.1 Å². The Labute approximate surface area is 258 Å². The van der Waals surface area contributed by atoms with Crippen LogP contribution in [-0.2, 0) is 4.79 Å². The van der Waals surface area contributed by atoms with Gasteiger partial charge in [-0.2, -0.15) is 0 Å². The SMILES string of the molecule is O=Cc1ccc(-c2cccc(-n3c(=O)n([C@H]4CC[C@@H](NC(=O)C5CN6CCCCC6=N5)CC4)c(=O)c4cc(F)cnc43)c2)cc1. The molecular weight excluding hydrogens is 575 g/mol. The van der Waals surface area contributed by atoms with E-state index < -0.39 is 29.1 Å². The van der Waals surface area contributed by atoms with Crippen LogP contribution in [0.25, 0.3) is 27.8 Å². The van der Waals surface area contributed by atoms with Crippen LogP contribution < -0.4 is 16.6 Å². The average Bonchev–Trinajstić information content (AvgIpc) is 3.51. The summed E-state index contributed by atoms with van der Waals surface area (Å²) >= 11 is 0. The van der Waals surface area contributed by atoms with Gasteiger partial charge in [0.25, 0.3) is 5.56 Å². The van der Waals surface area contributed by atoms with Crippen LogP contribution in [0.4, 0.5) is 4.39 Å². The van der Waals surface area contributed by atoms with E-state index in [9.17, 15) is 23.6 Å². The number of hydrogen-bond donors (Lipinski definition) is 1. The molecule has 1 atom stereocenters. The smallest absolute Gasteiger partial charge is 0.337 e. The summed E-state index contributed by atoms with van der Waals surface area (Å²) in [7, 11) is 0. The molecule has 1 amide bonds. The number of nitrogens with one attached hydrogen (secondary N) is 1. The van der Waals surface area contributed by atoms with E-state index >= 15 is 0 Å². The minimum absolute atomic E-state index is 0.0163. The van der Waals surface area contributed by atoms with E-state index in [-0.39, 0.29) is 23.0 Å². The number of aldehydes is 1. The van der Waals surface area contributed by atoms with Gasteiger partial charge in [0, 0.05) is 30.6 Å². The number of piperidine rings is 1. The standard InChI is InChI=1S/C34H33FN6O4/c35-24-17-28-31(36-18-24)40(27-5-3-4-23(16-27)22-9-7-21(20-42)8-10-22)34(45)41(33(28)44)26-13-11-25(12-14-26)37-32(43)29-19-39-15-2-1-6-30(39)38-29/h3-5,7-10,16-18,20,25-26,29H,1-2,6,11-15,19H2,(H,37,43)/t25-,26+,29?. The van der Waals surface area contributed by atoms with Crippen LogP contribution >= 0.6 is 0 Å². The minimum atomic E-state index is -0.668. The zero-order chi connectivity index (χ0) is 31.1. The van der Waals surface area contributed by atoms with Crippen molar-refractivity contribution < 1.29 is 14.0 Å². The summed E-state index contributed by atoms with van der Waals surface area (Å²) in [5.74, 6) is 0.288. The van der Waals surface area contributed by atoms with Crippen molar-refractivity contribution in [1.29, 1.82) is 0 Å².